The molecule has 4 aromatic rings. The second kappa shape index (κ2) is 8.88. The number of thioether (sulfide) groups is 1. The number of aromatic nitrogens is 1. The number of ether oxygens (including phenoxy) is 1. The molecule has 0 saturated carbocycles. The Labute approximate surface area is 174 Å². The molecule has 0 bridgehead atoms. The standard InChI is InChI=1S/C24H22N2O2S/c1-28-21-13-6-5-10-18(21)14-25-23(27)16-29-22-15-26-24-19(11-7-12-20(22)24)17-8-3-2-4-9-17/h2-13,15,26H,14,16H2,1H3,(H,25,27). The second-order valence-electron chi connectivity index (χ2n) is 6.62. The van der Waals surface area contributed by atoms with Crippen LogP contribution in [0.1, 0.15) is 5.56 Å². The lowest BCUT2D eigenvalue weighted by molar-refractivity contribution is -0.118. The molecule has 4 rings (SSSR count). The van der Waals surface area contributed by atoms with Crippen molar-refractivity contribution in [3.8, 4) is 16.9 Å². The van der Waals surface area contributed by atoms with Gasteiger partial charge in [0, 0.05) is 34.2 Å². The Kier molecular flexibility index (Phi) is 5.86. The quantitative estimate of drug-likeness (QED) is 0.415. The van der Waals surface area contributed by atoms with E-state index in [0.29, 0.717) is 12.3 Å². The normalized spacial score (nSPS) is 10.8. The Bertz CT molecular complexity index is 1120. The number of benzene rings is 3. The first kappa shape index (κ1) is 19.2. The Morgan fingerprint density at radius 2 is 1.79 bits per heavy atom. The molecule has 0 aliphatic heterocycles. The van der Waals surface area contributed by atoms with E-state index in [0.717, 1.165) is 32.7 Å². The molecule has 0 radical (unpaired) electrons. The molecule has 0 saturated heterocycles. The summed E-state index contributed by atoms with van der Waals surface area (Å²) < 4.78 is 5.33. The van der Waals surface area contributed by atoms with Crippen LogP contribution in [-0.2, 0) is 11.3 Å². The Hall–Kier alpha value is -3.18. The van der Waals surface area contributed by atoms with E-state index < -0.39 is 0 Å². The number of carbonyl (C=O) groups excluding carboxylic acids is 1. The molecule has 4 nitrogen and oxygen atoms in total. The molecule has 29 heavy (non-hydrogen) atoms. The molecular weight excluding hydrogens is 380 g/mol. The highest BCUT2D eigenvalue weighted by atomic mass is 32.2. The number of methoxy groups -OCH3 is 1. The van der Waals surface area contributed by atoms with E-state index in [2.05, 4.69) is 40.6 Å². The van der Waals surface area contributed by atoms with Crippen molar-refractivity contribution in [2.24, 2.45) is 0 Å². The van der Waals surface area contributed by atoms with Gasteiger partial charge in [0.2, 0.25) is 5.91 Å². The van der Waals surface area contributed by atoms with Crippen LogP contribution >= 0.6 is 11.8 Å². The average molecular weight is 403 g/mol. The second-order valence-corrected chi connectivity index (χ2v) is 7.64. The summed E-state index contributed by atoms with van der Waals surface area (Å²) >= 11 is 1.54. The van der Waals surface area contributed by atoms with Crippen LogP contribution in [0.25, 0.3) is 22.0 Å². The first-order chi connectivity index (χ1) is 14.3. The fourth-order valence-corrected chi connectivity index (χ4v) is 4.20. The number of aromatic amines is 1. The van der Waals surface area contributed by atoms with Gasteiger partial charge in [-0.15, -0.1) is 11.8 Å². The third kappa shape index (κ3) is 4.30. The molecule has 0 unspecified atom stereocenters. The number of nitrogens with one attached hydrogen (secondary N) is 2. The van der Waals surface area contributed by atoms with E-state index in [1.807, 2.05) is 48.7 Å². The Morgan fingerprint density at radius 1 is 1.00 bits per heavy atom. The molecule has 5 heteroatoms. The molecule has 2 N–H and O–H groups in total. The van der Waals surface area contributed by atoms with E-state index in [-0.39, 0.29) is 5.91 Å². The van der Waals surface area contributed by atoms with Gasteiger partial charge in [-0.3, -0.25) is 4.79 Å². The maximum Gasteiger partial charge on any atom is 0.230 e. The Morgan fingerprint density at radius 3 is 2.62 bits per heavy atom. The highest BCUT2D eigenvalue weighted by molar-refractivity contribution is 8.00. The fourth-order valence-electron chi connectivity index (χ4n) is 3.34. The summed E-state index contributed by atoms with van der Waals surface area (Å²) in [6, 6.07) is 24.3. The Balaban J connectivity index is 1.43. The van der Waals surface area contributed by atoms with E-state index >= 15 is 0 Å². The molecule has 0 aliphatic carbocycles. The van der Waals surface area contributed by atoms with Crippen LogP contribution in [0.15, 0.2) is 83.9 Å². The van der Waals surface area contributed by atoms with Gasteiger partial charge in [0.05, 0.1) is 18.4 Å². The molecule has 146 valence electrons. The lowest BCUT2D eigenvalue weighted by Crippen LogP contribution is -2.24. The number of rotatable bonds is 7. The van der Waals surface area contributed by atoms with Crippen LogP contribution in [0.2, 0.25) is 0 Å². The SMILES string of the molecule is COc1ccccc1CNC(=O)CSc1c[nH]c2c(-c3ccccc3)cccc12. The van der Waals surface area contributed by atoms with Crippen LogP contribution in [0, 0.1) is 0 Å². The predicted molar refractivity (Wildman–Crippen MR) is 119 cm³/mol. The summed E-state index contributed by atoms with van der Waals surface area (Å²) in [6.07, 6.45) is 1.98. The van der Waals surface area contributed by atoms with Crippen LogP contribution in [-0.4, -0.2) is 23.8 Å². The maximum atomic E-state index is 12.4. The topological polar surface area (TPSA) is 54.1 Å². The number of hydrogen-bond acceptors (Lipinski definition) is 3. The van der Waals surface area contributed by atoms with Crippen LogP contribution in [0.4, 0.5) is 0 Å². The summed E-state index contributed by atoms with van der Waals surface area (Å²) in [6.45, 7) is 0.454. The number of H-pyrrole nitrogens is 1. The monoisotopic (exact) mass is 402 g/mol. The lowest BCUT2D eigenvalue weighted by atomic mass is 10.0. The number of fused-ring (bicyclic) bond motifs is 1. The van der Waals surface area contributed by atoms with Crippen LogP contribution in [0.5, 0.6) is 5.75 Å². The van der Waals surface area contributed by atoms with Gasteiger partial charge in [0.25, 0.3) is 0 Å². The van der Waals surface area contributed by atoms with Gasteiger partial charge in [-0.05, 0) is 11.6 Å². The van der Waals surface area contributed by atoms with Crippen LogP contribution in [0.3, 0.4) is 0 Å². The minimum Gasteiger partial charge on any atom is -0.496 e. The lowest BCUT2D eigenvalue weighted by Gasteiger charge is -2.09. The highest BCUT2D eigenvalue weighted by Gasteiger charge is 2.11. The molecular formula is C24H22N2O2S. The average Bonchev–Trinajstić information content (AvgIpc) is 3.20. The maximum absolute atomic E-state index is 12.4. The summed E-state index contributed by atoms with van der Waals surface area (Å²) in [4.78, 5) is 16.8. The van der Waals surface area contributed by atoms with Crippen molar-refractivity contribution in [1.82, 2.24) is 10.3 Å². The summed E-state index contributed by atoms with van der Waals surface area (Å²) in [5.74, 6) is 1.14. The van der Waals surface area contributed by atoms with Gasteiger partial charge in [-0.25, -0.2) is 0 Å². The smallest absolute Gasteiger partial charge is 0.230 e. The number of hydrogen-bond donors (Lipinski definition) is 2. The van der Waals surface area contributed by atoms with Crippen molar-refractivity contribution in [3.05, 3.63) is 84.6 Å². The summed E-state index contributed by atoms with van der Waals surface area (Å²) in [7, 11) is 1.64. The minimum absolute atomic E-state index is 0.00512. The van der Waals surface area contributed by atoms with Gasteiger partial charge in [-0.1, -0.05) is 66.7 Å². The summed E-state index contributed by atoms with van der Waals surface area (Å²) in [5.41, 5.74) is 4.39. The van der Waals surface area contributed by atoms with E-state index in [9.17, 15) is 4.79 Å². The highest BCUT2D eigenvalue weighted by Crippen LogP contribution is 2.33. The number of carbonyl (C=O) groups is 1. The van der Waals surface area contributed by atoms with E-state index in [1.165, 1.54) is 17.3 Å². The number of amides is 1. The van der Waals surface area contributed by atoms with Gasteiger partial charge in [0.15, 0.2) is 0 Å². The largest absolute Gasteiger partial charge is 0.496 e. The third-order valence-corrected chi connectivity index (χ3v) is 5.84. The first-order valence-corrected chi connectivity index (χ1v) is 10.4. The molecule has 1 heterocycles. The zero-order valence-corrected chi connectivity index (χ0v) is 17.0. The van der Waals surface area contributed by atoms with E-state index in [1.54, 1.807) is 7.11 Å². The molecule has 1 aromatic heterocycles. The molecule has 0 fully saturated rings. The van der Waals surface area contributed by atoms with Gasteiger partial charge >= 0.3 is 0 Å². The predicted octanol–water partition coefficient (Wildman–Crippen LogP) is 5.25. The zero-order chi connectivity index (χ0) is 20.1. The fraction of sp³-hybridized carbons (Fsp3) is 0.125. The van der Waals surface area contributed by atoms with E-state index in [4.69, 9.17) is 4.74 Å². The van der Waals surface area contributed by atoms with Crippen molar-refractivity contribution < 1.29 is 9.53 Å². The van der Waals surface area contributed by atoms with Crippen molar-refractivity contribution in [2.75, 3.05) is 12.9 Å². The van der Waals surface area contributed by atoms with Crippen molar-refractivity contribution in [2.45, 2.75) is 11.4 Å². The number of para-hydroxylation sites is 2. The van der Waals surface area contributed by atoms with Crippen LogP contribution < -0.4 is 10.1 Å². The molecule has 0 spiro atoms. The first-order valence-electron chi connectivity index (χ1n) is 9.43. The van der Waals surface area contributed by atoms with Gasteiger partial charge in [-0.2, -0.15) is 0 Å². The van der Waals surface area contributed by atoms with Crippen molar-refractivity contribution in [3.63, 3.8) is 0 Å². The third-order valence-electron chi connectivity index (χ3n) is 4.79. The molecule has 0 atom stereocenters. The molecule has 0 aliphatic rings. The summed E-state index contributed by atoms with van der Waals surface area (Å²) in [5, 5.41) is 4.10. The van der Waals surface area contributed by atoms with Crippen molar-refractivity contribution >= 4 is 28.6 Å². The minimum atomic E-state index is -0.00512. The van der Waals surface area contributed by atoms with Crippen molar-refractivity contribution in [1.29, 1.82) is 0 Å². The molecule has 3 aromatic carbocycles. The van der Waals surface area contributed by atoms with Gasteiger partial charge < -0.3 is 15.0 Å². The van der Waals surface area contributed by atoms with Gasteiger partial charge in [0.1, 0.15) is 5.75 Å². The molecule has 1 amide bonds. The zero-order valence-electron chi connectivity index (χ0n) is 16.1.